The van der Waals surface area contributed by atoms with Crippen molar-refractivity contribution < 1.29 is 4.74 Å². The molecule has 0 bridgehead atoms. The summed E-state index contributed by atoms with van der Waals surface area (Å²) >= 11 is 7.38. The first kappa shape index (κ1) is 14.0. The van der Waals surface area contributed by atoms with Crippen LogP contribution in [0.5, 0.6) is 5.75 Å². The average molecular weight is 296 g/mol. The first-order chi connectivity index (χ1) is 9.24. The molecular weight excluding hydrogens is 282 g/mol. The van der Waals surface area contributed by atoms with E-state index in [0.717, 1.165) is 16.5 Å². The molecule has 6 heteroatoms. The van der Waals surface area contributed by atoms with Crippen LogP contribution in [0.4, 0.5) is 5.82 Å². The minimum Gasteiger partial charge on any atom is -0.490 e. The van der Waals surface area contributed by atoms with Gasteiger partial charge < -0.3 is 10.1 Å². The SMILES string of the molecule is CCNc1ncnc(Sc2ccc(Cl)cc2)c1OC. The molecule has 0 radical (unpaired) electrons. The molecule has 1 aromatic carbocycles. The lowest BCUT2D eigenvalue weighted by Crippen LogP contribution is -2.03. The van der Waals surface area contributed by atoms with Crippen LogP contribution in [0.1, 0.15) is 6.92 Å². The second-order valence-corrected chi connectivity index (χ2v) is 5.15. The zero-order chi connectivity index (χ0) is 13.7. The Morgan fingerprint density at radius 1 is 1.26 bits per heavy atom. The zero-order valence-corrected chi connectivity index (χ0v) is 12.3. The van der Waals surface area contributed by atoms with Gasteiger partial charge in [-0.05, 0) is 31.2 Å². The first-order valence-electron chi connectivity index (χ1n) is 5.81. The molecule has 0 saturated heterocycles. The molecule has 0 unspecified atom stereocenters. The molecule has 2 aromatic rings. The Hall–Kier alpha value is -1.46. The summed E-state index contributed by atoms with van der Waals surface area (Å²) in [6.07, 6.45) is 1.53. The summed E-state index contributed by atoms with van der Waals surface area (Å²) in [5, 5.41) is 4.64. The van der Waals surface area contributed by atoms with Crippen LogP contribution in [-0.2, 0) is 0 Å². The molecule has 1 heterocycles. The van der Waals surface area contributed by atoms with E-state index in [-0.39, 0.29) is 0 Å². The molecule has 0 amide bonds. The largest absolute Gasteiger partial charge is 0.490 e. The lowest BCUT2D eigenvalue weighted by atomic mass is 10.4. The Morgan fingerprint density at radius 3 is 2.63 bits per heavy atom. The van der Waals surface area contributed by atoms with Gasteiger partial charge in [0.2, 0.25) is 0 Å². The van der Waals surface area contributed by atoms with E-state index in [0.29, 0.717) is 16.6 Å². The van der Waals surface area contributed by atoms with Gasteiger partial charge in [0.05, 0.1) is 7.11 Å². The topological polar surface area (TPSA) is 47.0 Å². The van der Waals surface area contributed by atoms with Gasteiger partial charge >= 0.3 is 0 Å². The Kier molecular flexibility index (Phi) is 4.87. The third kappa shape index (κ3) is 3.52. The number of nitrogens with zero attached hydrogens (tertiary/aromatic N) is 2. The van der Waals surface area contributed by atoms with Gasteiger partial charge in [-0.3, -0.25) is 0 Å². The minimum absolute atomic E-state index is 0.657. The maximum Gasteiger partial charge on any atom is 0.194 e. The number of nitrogens with one attached hydrogen (secondary N) is 1. The van der Waals surface area contributed by atoms with Gasteiger partial charge in [-0.15, -0.1) is 0 Å². The summed E-state index contributed by atoms with van der Waals surface area (Å²) in [5.41, 5.74) is 0. The van der Waals surface area contributed by atoms with Crippen LogP contribution in [0.2, 0.25) is 5.02 Å². The number of halogens is 1. The van der Waals surface area contributed by atoms with E-state index in [9.17, 15) is 0 Å². The van der Waals surface area contributed by atoms with Crippen molar-refractivity contribution in [3.63, 3.8) is 0 Å². The van der Waals surface area contributed by atoms with Crippen LogP contribution in [0, 0.1) is 0 Å². The molecule has 0 saturated carbocycles. The van der Waals surface area contributed by atoms with Crippen molar-refractivity contribution >= 4 is 29.2 Å². The lowest BCUT2D eigenvalue weighted by Gasteiger charge is -2.11. The molecular formula is C13H14ClN3OS. The number of methoxy groups -OCH3 is 1. The summed E-state index contributed by atoms with van der Waals surface area (Å²) in [7, 11) is 1.62. The standard InChI is InChI=1S/C13H14ClN3OS/c1-3-15-12-11(18-2)13(17-8-16-12)19-10-6-4-9(14)5-7-10/h4-8H,3H2,1-2H3,(H,15,16,17). The van der Waals surface area contributed by atoms with Crippen LogP contribution in [0.25, 0.3) is 0 Å². The number of anilines is 1. The highest BCUT2D eigenvalue weighted by Gasteiger charge is 2.12. The third-order valence-corrected chi connectivity index (χ3v) is 3.59. The van der Waals surface area contributed by atoms with Gasteiger partial charge in [0.1, 0.15) is 11.4 Å². The van der Waals surface area contributed by atoms with Gasteiger partial charge in [-0.1, -0.05) is 23.4 Å². The van der Waals surface area contributed by atoms with Crippen molar-refractivity contribution in [1.29, 1.82) is 0 Å². The monoisotopic (exact) mass is 295 g/mol. The molecule has 0 fully saturated rings. The van der Waals surface area contributed by atoms with Gasteiger partial charge in [0, 0.05) is 16.5 Å². The highest BCUT2D eigenvalue weighted by molar-refractivity contribution is 7.99. The Morgan fingerprint density at radius 2 is 2.00 bits per heavy atom. The summed E-state index contributed by atoms with van der Waals surface area (Å²) < 4.78 is 5.39. The van der Waals surface area contributed by atoms with Gasteiger partial charge in [0.25, 0.3) is 0 Å². The summed E-state index contributed by atoms with van der Waals surface area (Å²) in [4.78, 5) is 9.48. The molecule has 4 nitrogen and oxygen atoms in total. The summed E-state index contributed by atoms with van der Waals surface area (Å²) in [6.45, 7) is 2.78. The van der Waals surface area contributed by atoms with Crippen molar-refractivity contribution in [2.75, 3.05) is 19.0 Å². The number of rotatable bonds is 5. The van der Waals surface area contributed by atoms with Gasteiger partial charge in [-0.2, -0.15) is 0 Å². The molecule has 1 aromatic heterocycles. The normalized spacial score (nSPS) is 10.3. The number of benzene rings is 1. The van der Waals surface area contributed by atoms with Crippen molar-refractivity contribution in [1.82, 2.24) is 9.97 Å². The minimum atomic E-state index is 0.657. The lowest BCUT2D eigenvalue weighted by molar-refractivity contribution is 0.400. The van der Waals surface area contributed by atoms with Crippen molar-refractivity contribution in [2.45, 2.75) is 16.8 Å². The Balaban J connectivity index is 2.28. The van der Waals surface area contributed by atoms with Crippen molar-refractivity contribution in [2.24, 2.45) is 0 Å². The van der Waals surface area contributed by atoms with Crippen LogP contribution in [0.15, 0.2) is 40.5 Å². The van der Waals surface area contributed by atoms with E-state index in [4.69, 9.17) is 16.3 Å². The second kappa shape index (κ2) is 6.63. The van der Waals surface area contributed by atoms with E-state index < -0.39 is 0 Å². The van der Waals surface area contributed by atoms with E-state index in [2.05, 4.69) is 15.3 Å². The predicted molar refractivity (Wildman–Crippen MR) is 78.3 cm³/mol. The van der Waals surface area contributed by atoms with E-state index in [1.54, 1.807) is 7.11 Å². The zero-order valence-electron chi connectivity index (χ0n) is 10.7. The highest BCUT2D eigenvalue weighted by Crippen LogP contribution is 2.36. The van der Waals surface area contributed by atoms with Crippen LogP contribution >= 0.6 is 23.4 Å². The highest BCUT2D eigenvalue weighted by atomic mass is 35.5. The van der Waals surface area contributed by atoms with Crippen LogP contribution in [-0.4, -0.2) is 23.6 Å². The Bertz CT molecular complexity index is 548. The van der Waals surface area contributed by atoms with Crippen LogP contribution in [0.3, 0.4) is 0 Å². The van der Waals surface area contributed by atoms with Gasteiger partial charge in [0.15, 0.2) is 11.6 Å². The fraction of sp³-hybridized carbons (Fsp3) is 0.231. The molecule has 1 N–H and O–H groups in total. The number of hydrogen-bond donors (Lipinski definition) is 1. The quantitative estimate of drug-likeness (QED) is 0.852. The fourth-order valence-corrected chi connectivity index (χ4v) is 2.52. The maximum absolute atomic E-state index is 5.87. The predicted octanol–water partition coefficient (Wildman–Crippen LogP) is 3.72. The van der Waals surface area contributed by atoms with Gasteiger partial charge in [-0.25, -0.2) is 9.97 Å². The second-order valence-electron chi connectivity index (χ2n) is 3.65. The molecule has 19 heavy (non-hydrogen) atoms. The fourth-order valence-electron chi connectivity index (χ4n) is 1.52. The van der Waals surface area contributed by atoms with Crippen molar-refractivity contribution in [3.05, 3.63) is 35.6 Å². The molecule has 0 aliphatic heterocycles. The molecule has 100 valence electrons. The molecule has 0 atom stereocenters. The molecule has 0 spiro atoms. The van der Waals surface area contributed by atoms with E-state index in [1.165, 1.54) is 18.1 Å². The third-order valence-electron chi connectivity index (χ3n) is 2.35. The maximum atomic E-state index is 5.87. The average Bonchev–Trinajstić information content (AvgIpc) is 2.42. The summed E-state index contributed by atoms with van der Waals surface area (Å²) in [6, 6.07) is 7.59. The first-order valence-corrected chi connectivity index (χ1v) is 7.00. The smallest absolute Gasteiger partial charge is 0.194 e. The van der Waals surface area contributed by atoms with E-state index >= 15 is 0 Å². The molecule has 0 aliphatic carbocycles. The van der Waals surface area contributed by atoms with Crippen molar-refractivity contribution in [3.8, 4) is 5.75 Å². The summed E-state index contributed by atoms with van der Waals surface area (Å²) in [5.74, 6) is 1.36. The van der Waals surface area contributed by atoms with Crippen LogP contribution < -0.4 is 10.1 Å². The number of hydrogen-bond acceptors (Lipinski definition) is 5. The Labute approximate surface area is 121 Å². The number of ether oxygens (including phenoxy) is 1. The molecule has 2 rings (SSSR count). The molecule has 0 aliphatic rings. The van der Waals surface area contributed by atoms with E-state index in [1.807, 2.05) is 31.2 Å². The number of aromatic nitrogens is 2.